The number of nitrogens with one attached hydrogen (secondary N) is 1. The van der Waals surface area contributed by atoms with E-state index in [1.807, 2.05) is 35.1 Å². The molecule has 0 atom stereocenters. The van der Waals surface area contributed by atoms with E-state index in [-0.39, 0.29) is 5.56 Å². The van der Waals surface area contributed by atoms with Crippen molar-refractivity contribution in [3.63, 3.8) is 0 Å². The topological polar surface area (TPSA) is 70.0 Å². The Bertz CT molecular complexity index is 922. The number of benzene rings is 1. The first-order chi connectivity index (χ1) is 12.2. The van der Waals surface area contributed by atoms with Gasteiger partial charge in [-0.2, -0.15) is 0 Å². The van der Waals surface area contributed by atoms with E-state index in [1.54, 1.807) is 6.20 Å². The largest absolute Gasteiger partial charge is 0.328 e. The zero-order chi connectivity index (χ0) is 17.2. The van der Waals surface area contributed by atoms with E-state index in [4.69, 9.17) is 0 Å². The molecule has 3 aromatic rings. The maximum atomic E-state index is 11.9. The highest BCUT2D eigenvalue weighted by molar-refractivity contribution is 5.84. The first kappa shape index (κ1) is 16.0. The molecule has 0 bridgehead atoms. The molecular formula is C18H22N6O. The van der Waals surface area contributed by atoms with Crippen LogP contribution in [0.4, 0.5) is 0 Å². The Morgan fingerprint density at radius 2 is 1.84 bits per heavy atom. The molecule has 1 fully saturated rings. The van der Waals surface area contributed by atoms with Gasteiger partial charge in [0.15, 0.2) is 0 Å². The standard InChI is InChI=1S/C18H22N6O/c1-22-6-8-23(9-7-22)12-15-13-24(21-20-15)11-14-10-19-18(25)17-5-3-2-4-16(14)17/h2-5,10,13H,6-9,11-12H2,1H3,(H,19,25). The summed E-state index contributed by atoms with van der Waals surface area (Å²) in [6, 6.07) is 7.65. The Hall–Kier alpha value is -2.51. The molecule has 130 valence electrons. The van der Waals surface area contributed by atoms with Gasteiger partial charge in [-0.15, -0.1) is 5.10 Å². The lowest BCUT2D eigenvalue weighted by Crippen LogP contribution is -2.43. The summed E-state index contributed by atoms with van der Waals surface area (Å²) in [5.41, 5.74) is 1.96. The highest BCUT2D eigenvalue weighted by Crippen LogP contribution is 2.15. The van der Waals surface area contributed by atoms with Gasteiger partial charge in [-0.05, 0) is 24.1 Å². The number of fused-ring (bicyclic) bond motifs is 1. The third-order valence-corrected chi connectivity index (χ3v) is 4.80. The minimum Gasteiger partial charge on any atom is -0.328 e. The average Bonchev–Trinajstić information content (AvgIpc) is 3.07. The fraction of sp³-hybridized carbons (Fsp3) is 0.389. The Morgan fingerprint density at radius 3 is 2.64 bits per heavy atom. The van der Waals surface area contributed by atoms with Crippen LogP contribution in [0.3, 0.4) is 0 Å². The highest BCUT2D eigenvalue weighted by Gasteiger charge is 2.15. The fourth-order valence-corrected chi connectivity index (χ4v) is 3.30. The van der Waals surface area contributed by atoms with Gasteiger partial charge in [0.25, 0.3) is 5.56 Å². The van der Waals surface area contributed by atoms with Crippen LogP contribution < -0.4 is 5.56 Å². The van der Waals surface area contributed by atoms with E-state index < -0.39 is 0 Å². The molecule has 4 rings (SSSR count). The summed E-state index contributed by atoms with van der Waals surface area (Å²) >= 11 is 0. The van der Waals surface area contributed by atoms with Crippen LogP contribution >= 0.6 is 0 Å². The van der Waals surface area contributed by atoms with E-state index in [2.05, 4.69) is 32.1 Å². The molecule has 1 saturated heterocycles. The maximum Gasteiger partial charge on any atom is 0.255 e. The van der Waals surface area contributed by atoms with Gasteiger partial charge in [0.1, 0.15) is 0 Å². The zero-order valence-corrected chi connectivity index (χ0v) is 14.4. The van der Waals surface area contributed by atoms with Crippen molar-refractivity contribution in [3.05, 3.63) is 58.3 Å². The molecule has 7 nitrogen and oxygen atoms in total. The predicted molar refractivity (Wildman–Crippen MR) is 96.5 cm³/mol. The zero-order valence-electron chi connectivity index (χ0n) is 14.4. The van der Waals surface area contributed by atoms with Crippen molar-refractivity contribution in [2.45, 2.75) is 13.1 Å². The number of pyridine rings is 1. The molecule has 1 N–H and O–H groups in total. The van der Waals surface area contributed by atoms with E-state index in [1.165, 1.54) is 0 Å². The number of likely N-dealkylation sites (N-methyl/N-ethyl adjacent to an activating group) is 1. The summed E-state index contributed by atoms with van der Waals surface area (Å²) in [6.07, 6.45) is 3.77. The first-order valence-corrected chi connectivity index (χ1v) is 8.58. The van der Waals surface area contributed by atoms with Gasteiger partial charge in [-0.1, -0.05) is 23.4 Å². The summed E-state index contributed by atoms with van der Waals surface area (Å²) in [6.45, 7) is 5.74. The molecule has 0 aliphatic carbocycles. The SMILES string of the molecule is CN1CCN(Cc2cn(Cc3c[nH]c(=O)c4ccccc34)nn2)CC1. The van der Waals surface area contributed by atoms with Gasteiger partial charge in [0.05, 0.1) is 18.4 Å². The smallest absolute Gasteiger partial charge is 0.255 e. The molecule has 25 heavy (non-hydrogen) atoms. The number of hydrogen-bond donors (Lipinski definition) is 1. The molecule has 3 heterocycles. The molecule has 0 amide bonds. The van der Waals surface area contributed by atoms with E-state index in [0.717, 1.165) is 49.4 Å². The van der Waals surface area contributed by atoms with Crippen LogP contribution in [0, 0.1) is 0 Å². The quantitative estimate of drug-likeness (QED) is 0.766. The Morgan fingerprint density at radius 1 is 1.08 bits per heavy atom. The van der Waals surface area contributed by atoms with Crippen molar-refractivity contribution in [3.8, 4) is 0 Å². The van der Waals surface area contributed by atoms with Gasteiger partial charge in [-0.25, -0.2) is 4.68 Å². The summed E-state index contributed by atoms with van der Waals surface area (Å²) in [5, 5.41) is 10.2. The van der Waals surface area contributed by atoms with Crippen molar-refractivity contribution in [1.29, 1.82) is 0 Å². The van der Waals surface area contributed by atoms with Crippen LogP contribution in [0.1, 0.15) is 11.3 Å². The monoisotopic (exact) mass is 338 g/mol. The molecule has 7 heteroatoms. The first-order valence-electron chi connectivity index (χ1n) is 8.58. The van der Waals surface area contributed by atoms with Gasteiger partial charge < -0.3 is 9.88 Å². The minimum atomic E-state index is -0.0614. The van der Waals surface area contributed by atoms with Crippen LogP contribution in [0.25, 0.3) is 10.8 Å². The van der Waals surface area contributed by atoms with Gasteiger partial charge >= 0.3 is 0 Å². The van der Waals surface area contributed by atoms with Gasteiger partial charge in [0, 0.05) is 44.3 Å². The van der Waals surface area contributed by atoms with Crippen molar-refractivity contribution in [2.24, 2.45) is 0 Å². The molecule has 1 aliphatic rings. The second-order valence-corrected chi connectivity index (χ2v) is 6.68. The molecule has 2 aromatic heterocycles. The number of H-pyrrole nitrogens is 1. The van der Waals surface area contributed by atoms with Crippen molar-refractivity contribution in [1.82, 2.24) is 29.8 Å². The van der Waals surface area contributed by atoms with E-state index in [9.17, 15) is 4.79 Å². The summed E-state index contributed by atoms with van der Waals surface area (Å²) in [7, 11) is 2.15. The maximum absolute atomic E-state index is 11.9. The second-order valence-electron chi connectivity index (χ2n) is 6.68. The summed E-state index contributed by atoms with van der Waals surface area (Å²) in [4.78, 5) is 19.5. The lowest BCUT2D eigenvalue weighted by Gasteiger charge is -2.31. The predicted octanol–water partition coefficient (Wildman–Crippen LogP) is 0.915. The third kappa shape index (κ3) is 3.47. The highest BCUT2D eigenvalue weighted by atomic mass is 16.1. The number of hydrogen-bond acceptors (Lipinski definition) is 5. The van der Waals surface area contributed by atoms with Crippen LogP contribution in [-0.2, 0) is 13.1 Å². The number of rotatable bonds is 4. The summed E-state index contributed by atoms with van der Waals surface area (Å²) in [5.74, 6) is 0. The molecule has 1 aliphatic heterocycles. The van der Waals surface area contributed by atoms with Crippen molar-refractivity contribution < 1.29 is 0 Å². The van der Waals surface area contributed by atoms with Crippen molar-refractivity contribution in [2.75, 3.05) is 33.2 Å². The fourth-order valence-electron chi connectivity index (χ4n) is 3.30. The van der Waals surface area contributed by atoms with Crippen LogP contribution in [0.2, 0.25) is 0 Å². The molecule has 0 saturated carbocycles. The Kier molecular flexibility index (Phi) is 4.33. The molecule has 1 aromatic carbocycles. The summed E-state index contributed by atoms with van der Waals surface area (Å²) < 4.78 is 1.84. The Labute approximate surface area is 145 Å². The number of nitrogens with zero attached hydrogens (tertiary/aromatic N) is 5. The van der Waals surface area contributed by atoms with Crippen LogP contribution in [0.5, 0.6) is 0 Å². The van der Waals surface area contributed by atoms with Crippen LogP contribution in [-0.4, -0.2) is 63.0 Å². The number of aromatic nitrogens is 4. The Balaban J connectivity index is 1.50. The second kappa shape index (κ2) is 6.78. The van der Waals surface area contributed by atoms with E-state index in [0.29, 0.717) is 11.9 Å². The number of aromatic amines is 1. The average molecular weight is 338 g/mol. The van der Waals surface area contributed by atoms with Gasteiger partial charge in [0.2, 0.25) is 0 Å². The van der Waals surface area contributed by atoms with Crippen LogP contribution in [0.15, 0.2) is 41.5 Å². The van der Waals surface area contributed by atoms with E-state index >= 15 is 0 Å². The van der Waals surface area contributed by atoms with Gasteiger partial charge in [-0.3, -0.25) is 9.69 Å². The minimum absolute atomic E-state index is 0.0614. The number of piperazine rings is 1. The third-order valence-electron chi connectivity index (χ3n) is 4.80. The molecule has 0 unspecified atom stereocenters. The molecule has 0 radical (unpaired) electrons. The normalized spacial score (nSPS) is 16.5. The molecular weight excluding hydrogens is 316 g/mol. The lowest BCUT2D eigenvalue weighted by molar-refractivity contribution is 0.147. The van der Waals surface area contributed by atoms with Crippen molar-refractivity contribution >= 4 is 10.8 Å². The lowest BCUT2D eigenvalue weighted by atomic mass is 10.1. The molecule has 0 spiro atoms.